The Morgan fingerprint density at radius 3 is 2.77 bits per heavy atom. The molecule has 0 fully saturated rings. The van der Waals surface area contributed by atoms with E-state index in [0.29, 0.717) is 6.54 Å². The first-order valence-electron chi connectivity index (χ1n) is 6.95. The standard InChI is InChI=1S/C17H17ClFNO2/c1-12-4-2-3-5-13(12)8-9-20-17(21)11-22-16-7-6-14(19)10-15(16)18/h2-7,10H,8-9,11H2,1H3,(H,20,21). The van der Waals surface area contributed by atoms with Gasteiger partial charge < -0.3 is 10.1 Å². The third kappa shape index (κ3) is 4.74. The summed E-state index contributed by atoms with van der Waals surface area (Å²) in [6.45, 7) is 2.42. The summed E-state index contributed by atoms with van der Waals surface area (Å²) in [5.41, 5.74) is 2.40. The predicted molar refractivity (Wildman–Crippen MR) is 84.8 cm³/mol. The first-order chi connectivity index (χ1) is 10.6. The van der Waals surface area contributed by atoms with Gasteiger partial charge in [0.1, 0.15) is 11.6 Å². The van der Waals surface area contributed by atoms with Gasteiger partial charge in [0.25, 0.3) is 5.91 Å². The molecular formula is C17H17ClFNO2. The van der Waals surface area contributed by atoms with E-state index in [4.69, 9.17) is 16.3 Å². The van der Waals surface area contributed by atoms with E-state index in [1.54, 1.807) is 0 Å². The molecule has 0 unspecified atom stereocenters. The summed E-state index contributed by atoms with van der Waals surface area (Å²) in [6.07, 6.45) is 0.760. The van der Waals surface area contributed by atoms with Crippen molar-refractivity contribution in [2.45, 2.75) is 13.3 Å². The molecule has 0 bridgehead atoms. The van der Waals surface area contributed by atoms with Crippen LogP contribution < -0.4 is 10.1 Å². The molecule has 2 aromatic carbocycles. The van der Waals surface area contributed by atoms with Crippen molar-refractivity contribution in [3.63, 3.8) is 0 Å². The van der Waals surface area contributed by atoms with Gasteiger partial charge in [-0.1, -0.05) is 35.9 Å². The minimum absolute atomic E-state index is 0.146. The number of aryl methyl sites for hydroxylation is 1. The molecule has 0 aromatic heterocycles. The monoisotopic (exact) mass is 321 g/mol. The van der Waals surface area contributed by atoms with E-state index < -0.39 is 5.82 Å². The smallest absolute Gasteiger partial charge is 0.257 e. The molecule has 0 heterocycles. The van der Waals surface area contributed by atoms with Gasteiger partial charge in [-0.15, -0.1) is 0 Å². The lowest BCUT2D eigenvalue weighted by atomic mass is 10.1. The number of carbonyl (C=O) groups excluding carboxylic acids is 1. The highest BCUT2D eigenvalue weighted by atomic mass is 35.5. The first kappa shape index (κ1) is 16.3. The minimum atomic E-state index is -0.444. The molecule has 0 aliphatic carbocycles. The van der Waals surface area contributed by atoms with Crippen LogP contribution in [-0.4, -0.2) is 19.1 Å². The van der Waals surface area contributed by atoms with Crippen molar-refractivity contribution in [2.24, 2.45) is 0 Å². The van der Waals surface area contributed by atoms with Crippen molar-refractivity contribution in [2.75, 3.05) is 13.2 Å². The van der Waals surface area contributed by atoms with Gasteiger partial charge in [-0.3, -0.25) is 4.79 Å². The fraction of sp³-hybridized carbons (Fsp3) is 0.235. The lowest BCUT2D eigenvalue weighted by Crippen LogP contribution is -2.30. The Hall–Kier alpha value is -2.07. The second-order valence-electron chi connectivity index (χ2n) is 4.89. The number of hydrogen-bond donors (Lipinski definition) is 1. The van der Waals surface area contributed by atoms with Crippen LogP contribution in [0.3, 0.4) is 0 Å². The maximum Gasteiger partial charge on any atom is 0.257 e. The molecule has 0 aliphatic rings. The van der Waals surface area contributed by atoms with Crippen LogP contribution in [0.25, 0.3) is 0 Å². The third-order valence-corrected chi connectivity index (χ3v) is 3.53. The highest BCUT2D eigenvalue weighted by molar-refractivity contribution is 6.32. The molecule has 5 heteroatoms. The van der Waals surface area contributed by atoms with Crippen LogP contribution >= 0.6 is 11.6 Å². The van der Waals surface area contributed by atoms with E-state index >= 15 is 0 Å². The van der Waals surface area contributed by atoms with Crippen LogP contribution in [0.5, 0.6) is 5.75 Å². The first-order valence-corrected chi connectivity index (χ1v) is 7.33. The molecule has 2 rings (SSSR count). The predicted octanol–water partition coefficient (Wildman–Crippen LogP) is 3.53. The van der Waals surface area contributed by atoms with Crippen LogP contribution in [0.2, 0.25) is 5.02 Å². The lowest BCUT2D eigenvalue weighted by Gasteiger charge is -2.09. The quantitative estimate of drug-likeness (QED) is 0.884. The average Bonchev–Trinajstić information content (AvgIpc) is 2.48. The minimum Gasteiger partial charge on any atom is -0.482 e. The maximum atomic E-state index is 12.9. The molecule has 0 radical (unpaired) electrons. The summed E-state index contributed by atoms with van der Waals surface area (Å²) < 4.78 is 18.2. The Morgan fingerprint density at radius 2 is 2.05 bits per heavy atom. The topological polar surface area (TPSA) is 38.3 Å². The summed E-state index contributed by atoms with van der Waals surface area (Å²) in [4.78, 5) is 11.7. The van der Waals surface area contributed by atoms with Gasteiger partial charge in [0.05, 0.1) is 5.02 Å². The number of nitrogens with one attached hydrogen (secondary N) is 1. The molecule has 1 N–H and O–H groups in total. The summed E-state index contributed by atoms with van der Waals surface area (Å²) in [7, 11) is 0. The fourth-order valence-electron chi connectivity index (χ4n) is 2.01. The van der Waals surface area contributed by atoms with E-state index in [0.717, 1.165) is 12.5 Å². The second kappa shape index (κ2) is 7.80. The van der Waals surface area contributed by atoms with Gasteiger partial charge in [0.15, 0.2) is 6.61 Å². The molecule has 0 atom stereocenters. The van der Waals surface area contributed by atoms with Crippen LogP contribution in [0.15, 0.2) is 42.5 Å². The van der Waals surface area contributed by atoms with E-state index in [1.807, 2.05) is 31.2 Å². The van der Waals surface area contributed by atoms with Crippen molar-refractivity contribution < 1.29 is 13.9 Å². The van der Waals surface area contributed by atoms with Crippen molar-refractivity contribution in [3.8, 4) is 5.75 Å². The maximum absolute atomic E-state index is 12.9. The van der Waals surface area contributed by atoms with Gasteiger partial charge in [0, 0.05) is 6.54 Å². The molecular weight excluding hydrogens is 305 g/mol. The fourth-order valence-corrected chi connectivity index (χ4v) is 2.24. The van der Waals surface area contributed by atoms with Gasteiger partial charge in [0.2, 0.25) is 0 Å². The van der Waals surface area contributed by atoms with Crippen LogP contribution in [0, 0.1) is 12.7 Å². The van der Waals surface area contributed by atoms with Gasteiger partial charge in [-0.25, -0.2) is 4.39 Å². The molecule has 2 aromatic rings. The SMILES string of the molecule is Cc1ccccc1CCNC(=O)COc1ccc(F)cc1Cl. The van der Waals surface area contributed by atoms with Crippen molar-refractivity contribution >= 4 is 17.5 Å². The van der Waals surface area contributed by atoms with Gasteiger partial charge in [-0.05, 0) is 42.7 Å². The Labute approximate surface area is 134 Å². The number of hydrogen-bond acceptors (Lipinski definition) is 2. The average molecular weight is 322 g/mol. The molecule has 1 amide bonds. The Kier molecular flexibility index (Phi) is 5.78. The Balaban J connectivity index is 1.75. The molecule has 0 spiro atoms. The van der Waals surface area contributed by atoms with Gasteiger partial charge in [-0.2, -0.15) is 0 Å². The number of benzene rings is 2. The van der Waals surface area contributed by atoms with Crippen LogP contribution in [0.4, 0.5) is 4.39 Å². The molecule has 22 heavy (non-hydrogen) atoms. The number of carbonyl (C=O) groups is 1. The molecule has 0 aliphatic heterocycles. The largest absolute Gasteiger partial charge is 0.482 e. The van der Waals surface area contributed by atoms with Crippen LogP contribution in [0.1, 0.15) is 11.1 Å². The van der Waals surface area contributed by atoms with Crippen molar-refractivity contribution in [1.29, 1.82) is 0 Å². The van der Waals surface area contributed by atoms with E-state index in [2.05, 4.69) is 5.32 Å². The number of halogens is 2. The lowest BCUT2D eigenvalue weighted by molar-refractivity contribution is -0.123. The highest BCUT2D eigenvalue weighted by Gasteiger charge is 2.07. The van der Waals surface area contributed by atoms with E-state index in [-0.39, 0.29) is 23.3 Å². The zero-order valence-corrected chi connectivity index (χ0v) is 13.0. The number of rotatable bonds is 6. The van der Waals surface area contributed by atoms with Crippen LogP contribution in [-0.2, 0) is 11.2 Å². The number of ether oxygens (including phenoxy) is 1. The summed E-state index contributed by atoms with van der Waals surface area (Å²) >= 11 is 5.82. The molecule has 116 valence electrons. The highest BCUT2D eigenvalue weighted by Crippen LogP contribution is 2.24. The van der Waals surface area contributed by atoms with Gasteiger partial charge >= 0.3 is 0 Å². The van der Waals surface area contributed by atoms with Crippen molar-refractivity contribution in [3.05, 3.63) is 64.4 Å². The second-order valence-corrected chi connectivity index (χ2v) is 5.30. The molecule has 3 nitrogen and oxygen atoms in total. The summed E-state index contributed by atoms with van der Waals surface area (Å²) in [6, 6.07) is 11.8. The van der Waals surface area contributed by atoms with Crippen molar-refractivity contribution in [1.82, 2.24) is 5.32 Å². The Morgan fingerprint density at radius 1 is 1.27 bits per heavy atom. The Bertz CT molecular complexity index is 661. The molecule has 0 saturated heterocycles. The van der Waals surface area contributed by atoms with E-state index in [9.17, 15) is 9.18 Å². The summed E-state index contributed by atoms with van der Waals surface area (Å²) in [5.74, 6) is -0.397. The van der Waals surface area contributed by atoms with E-state index in [1.165, 1.54) is 23.3 Å². The number of amides is 1. The molecule has 0 saturated carbocycles. The zero-order valence-electron chi connectivity index (χ0n) is 12.2. The normalized spacial score (nSPS) is 10.3. The third-order valence-electron chi connectivity index (χ3n) is 3.23. The zero-order chi connectivity index (χ0) is 15.9. The summed E-state index contributed by atoms with van der Waals surface area (Å²) in [5, 5.41) is 2.92.